The van der Waals surface area contributed by atoms with Crippen LogP contribution in [0.1, 0.15) is 30.4 Å². The minimum Gasteiger partial charge on any atom is -0.493 e. The molecule has 1 aromatic carbocycles. The molecule has 0 unspecified atom stereocenters. The predicted octanol–water partition coefficient (Wildman–Crippen LogP) is 1.18. The molecular formula is C20H26N2O5. The van der Waals surface area contributed by atoms with Crippen LogP contribution >= 0.6 is 0 Å². The second-order valence-electron chi connectivity index (χ2n) is 6.91. The van der Waals surface area contributed by atoms with Crippen LogP contribution in [0.15, 0.2) is 18.2 Å². The largest absolute Gasteiger partial charge is 0.493 e. The van der Waals surface area contributed by atoms with Crippen LogP contribution in [0, 0.1) is 0 Å². The molecule has 146 valence electrons. The molecule has 0 aliphatic carbocycles. The van der Waals surface area contributed by atoms with Gasteiger partial charge in [0, 0.05) is 32.6 Å². The zero-order chi connectivity index (χ0) is 19.2. The summed E-state index contributed by atoms with van der Waals surface area (Å²) < 4.78 is 10.2. The van der Waals surface area contributed by atoms with E-state index in [9.17, 15) is 14.4 Å². The number of fused-ring (bicyclic) bond motifs is 1. The fourth-order valence-corrected chi connectivity index (χ4v) is 3.48. The third-order valence-electron chi connectivity index (χ3n) is 5.08. The van der Waals surface area contributed by atoms with E-state index in [0.717, 1.165) is 30.8 Å². The Bertz CT molecular complexity index is 710. The molecule has 1 aromatic rings. The van der Waals surface area contributed by atoms with E-state index in [4.69, 9.17) is 4.74 Å². The van der Waals surface area contributed by atoms with Crippen molar-refractivity contribution < 1.29 is 23.9 Å². The number of hydrogen-bond acceptors (Lipinski definition) is 5. The number of ether oxygens (including phenoxy) is 2. The number of methoxy groups -OCH3 is 1. The van der Waals surface area contributed by atoms with Crippen molar-refractivity contribution >= 4 is 17.8 Å². The SMILES string of the molecule is COC(=O)CCC(=O)N1CCN(C(=O)Cc2ccc3c(c2)CCCO3)CC1. The van der Waals surface area contributed by atoms with Gasteiger partial charge >= 0.3 is 5.97 Å². The lowest BCUT2D eigenvalue weighted by Crippen LogP contribution is -2.51. The Balaban J connectivity index is 1.47. The summed E-state index contributed by atoms with van der Waals surface area (Å²) in [7, 11) is 1.31. The third kappa shape index (κ3) is 4.99. The van der Waals surface area contributed by atoms with Crippen molar-refractivity contribution in [1.29, 1.82) is 0 Å². The summed E-state index contributed by atoms with van der Waals surface area (Å²) >= 11 is 0. The molecule has 1 fully saturated rings. The molecule has 0 saturated carbocycles. The number of esters is 1. The Labute approximate surface area is 159 Å². The number of aryl methyl sites for hydroxylation is 1. The molecule has 0 aromatic heterocycles. The zero-order valence-corrected chi connectivity index (χ0v) is 15.7. The van der Waals surface area contributed by atoms with Gasteiger partial charge in [-0.1, -0.05) is 12.1 Å². The Hall–Kier alpha value is -2.57. The van der Waals surface area contributed by atoms with Gasteiger partial charge in [0.1, 0.15) is 5.75 Å². The average molecular weight is 374 g/mol. The first kappa shape index (κ1) is 19.2. The highest BCUT2D eigenvalue weighted by Crippen LogP contribution is 2.26. The van der Waals surface area contributed by atoms with Gasteiger partial charge in [-0.05, 0) is 30.0 Å². The van der Waals surface area contributed by atoms with Gasteiger partial charge in [-0.3, -0.25) is 14.4 Å². The van der Waals surface area contributed by atoms with Crippen molar-refractivity contribution in [3.8, 4) is 5.75 Å². The topological polar surface area (TPSA) is 76.2 Å². The molecular weight excluding hydrogens is 348 g/mol. The van der Waals surface area contributed by atoms with E-state index >= 15 is 0 Å². The molecule has 2 aliphatic heterocycles. The predicted molar refractivity (Wildman–Crippen MR) is 98.4 cm³/mol. The molecule has 0 bridgehead atoms. The number of hydrogen-bond donors (Lipinski definition) is 0. The van der Waals surface area contributed by atoms with Crippen molar-refractivity contribution in [3.63, 3.8) is 0 Å². The second-order valence-corrected chi connectivity index (χ2v) is 6.91. The summed E-state index contributed by atoms with van der Waals surface area (Å²) in [5.74, 6) is 0.555. The van der Waals surface area contributed by atoms with Crippen LogP contribution in [0.5, 0.6) is 5.75 Å². The Morgan fingerprint density at radius 1 is 1.04 bits per heavy atom. The van der Waals surface area contributed by atoms with E-state index in [0.29, 0.717) is 32.6 Å². The van der Waals surface area contributed by atoms with E-state index < -0.39 is 0 Å². The lowest BCUT2D eigenvalue weighted by Gasteiger charge is -2.35. The van der Waals surface area contributed by atoms with Crippen LogP contribution < -0.4 is 4.74 Å². The number of rotatable bonds is 5. The van der Waals surface area contributed by atoms with Crippen LogP contribution in [-0.4, -0.2) is 67.5 Å². The van der Waals surface area contributed by atoms with Gasteiger partial charge in [0.2, 0.25) is 11.8 Å². The van der Waals surface area contributed by atoms with Gasteiger partial charge in [0.25, 0.3) is 0 Å². The standard InChI is InChI=1S/C20H26N2O5/c1-26-20(25)7-6-18(23)21-8-10-22(11-9-21)19(24)14-15-4-5-17-16(13-15)3-2-12-27-17/h4-5,13H,2-3,6-12,14H2,1H3. The summed E-state index contributed by atoms with van der Waals surface area (Å²) in [5, 5.41) is 0. The van der Waals surface area contributed by atoms with Crippen molar-refractivity contribution in [1.82, 2.24) is 9.80 Å². The van der Waals surface area contributed by atoms with Gasteiger partial charge < -0.3 is 19.3 Å². The first-order valence-electron chi connectivity index (χ1n) is 9.44. The van der Waals surface area contributed by atoms with Gasteiger partial charge in [-0.25, -0.2) is 0 Å². The van der Waals surface area contributed by atoms with Crippen molar-refractivity contribution in [3.05, 3.63) is 29.3 Å². The summed E-state index contributed by atoms with van der Waals surface area (Å²) in [4.78, 5) is 39.4. The molecule has 27 heavy (non-hydrogen) atoms. The molecule has 0 radical (unpaired) electrons. The van der Waals surface area contributed by atoms with Gasteiger partial charge in [0.05, 0.1) is 26.6 Å². The van der Waals surface area contributed by atoms with Gasteiger partial charge in [-0.15, -0.1) is 0 Å². The Morgan fingerprint density at radius 3 is 2.44 bits per heavy atom. The number of benzene rings is 1. The van der Waals surface area contributed by atoms with Crippen LogP contribution in [-0.2, 0) is 32.0 Å². The fourth-order valence-electron chi connectivity index (χ4n) is 3.48. The van der Waals surface area contributed by atoms with E-state index in [2.05, 4.69) is 10.8 Å². The molecule has 0 spiro atoms. The minimum atomic E-state index is -0.382. The first-order chi connectivity index (χ1) is 13.1. The van der Waals surface area contributed by atoms with Crippen molar-refractivity contribution in [2.24, 2.45) is 0 Å². The van der Waals surface area contributed by atoms with E-state index in [1.165, 1.54) is 12.7 Å². The number of piperazine rings is 1. The highest BCUT2D eigenvalue weighted by atomic mass is 16.5. The molecule has 7 heteroatoms. The molecule has 3 rings (SSSR count). The lowest BCUT2D eigenvalue weighted by atomic mass is 10.0. The molecule has 0 N–H and O–H groups in total. The maximum Gasteiger partial charge on any atom is 0.306 e. The molecule has 2 heterocycles. The monoisotopic (exact) mass is 374 g/mol. The summed E-state index contributed by atoms with van der Waals surface area (Å²) in [5.41, 5.74) is 2.17. The smallest absolute Gasteiger partial charge is 0.306 e. The van der Waals surface area contributed by atoms with Crippen LogP contribution in [0.4, 0.5) is 0 Å². The minimum absolute atomic E-state index is 0.0674. The molecule has 1 saturated heterocycles. The highest BCUT2D eigenvalue weighted by Gasteiger charge is 2.24. The number of carbonyl (C=O) groups excluding carboxylic acids is 3. The number of nitrogens with zero attached hydrogens (tertiary/aromatic N) is 2. The summed E-state index contributed by atoms with van der Waals surface area (Å²) in [6.45, 7) is 2.81. The fraction of sp³-hybridized carbons (Fsp3) is 0.550. The summed E-state index contributed by atoms with van der Waals surface area (Å²) in [6.07, 6.45) is 2.61. The Kier molecular flexibility index (Phi) is 6.32. The molecule has 7 nitrogen and oxygen atoms in total. The zero-order valence-electron chi connectivity index (χ0n) is 15.7. The second kappa shape index (κ2) is 8.88. The normalized spacial score (nSPS) is 16.3. The summed E-state index contributed by atoms with van der Waals surface area (Å²) in [6, 6.07) is 5.97. The average Bonchev–Trinajstić information content (AvgIpc) is 2.71. The van der Waals surface area contributed by atoms with Crippen molar-refractivity contribution in [2.75, 3.05) is 39.9 Å². The van der Waals surface area contributed by atoms with Crippen LogP contribution in [0.3, 0.4) is 0 Å². The quantitative estimate of drug-likeness (QED) is 0.724. The number of amides is 2. The van der Waals surface area contributed by atoms with Gasteiger partial charge in [0.15, 0.2) is 0 Å². The number of carbonyl (C=O) groups is 3. The first-order valence-corrected chi connectivity index (χ1v) is 9.44. The van der Waals surface area contributed by atoms with Crippen LogP contribution in [0.2, 0.25) is 0 Å². The van der Waals surface area contributed by atoms with Crippen molar-refractivity contribution in [2.45, 2.75) is 32.1 Å². The Morgan fingerprint density at radius 2 is 1.74 bits per heavy atom. The van der Waals surface area contributed by atoms with E-state index in [1.54, 1.807) is 9.80 Å². The van der Waals surface area contributed by atoms with Gasteiger partial charge in [-0.2, -0.15) is 0 Å². The third-order valence-corrected chi connectivity index (χ3v) is 5.08. The highest BCUT2D eigenvalue weighted by molar-refractivity contribution is 5.82. The van der Waals surface area contributed by atoms with E-state index in [1.807, 2.05) is 12.1 Å². The lowest BCUT2D eigenvalue weighted by molar-refractivity contribution is -0.144. The maximum absolute atomic E-state index is 12.6. The molecule has 2 amide bonds. The molecule has 0 atom stereocenters. The maximum atomic E-state index is 12.6. The van der Waals surface area contributed by atoms with Crippen LogP contribution in [0.25, 0.3) is 0 Å². The van der Waals surface area contributed by atoms with E-state index in [-0.39, 0.29) is 30.6 Å². The molecule has 2 aliphatic rings.